The van der Waals surface area contributed by atoms with Gasteiger partial charge < -0.3 is 9.52 Å². The number of furan rings is 1. The zero-order chi connectivity index (χ0) is 25.2. The van der Waals surface area contributed by atoms with Crippen molar-refractivity contribution in [1.82, 2.24) is 4.90 Å². The van der Waals surface area contributed by atoms with E-state index in [1.54, 1.807) is 6.92 Å². The van der Waals surface area contributed by atoms with E-state index in [1.807, 2.05) is 30.3 Å². The van der Waals surface area contributed by atoms with Crippen LogP contribution in [0.4, 0.5) is 13.2 Å². The molecule has 0 bridgehead atoms. The number of likely N-dealkylation sites (tertiary alicyclic amines) is 1. The normalized spacial score (nSPS) is 19.7. The Morgan fingerprint density at radius 3 is 2.57 bits per heavy atom. The molecule has 0 radical (unpaired) electrons. The number of alkyl halides is 3. The van der Waals surface area contributed by atoms with Crippen molar-refractivity contribution >= 4 is 16.9 Å². The number of carbonyl (C=O) groups is 1. The van der Waals surface area contributed by atoms with Crippen LogP contribution in [0.25, 0.3) is 11.0 Å². The molecule has 4 nitrogen and oxygen atoms in total. The molecule has 0 saturated carbocycles. The number of rotatable bonds is 5. The molecule has 4 rings (SSSR count). The molecule has 182 valence electrons. The second kappa shape index (κ2) is 10.0. The number of aliphatic carboxylic acids is 1. The van der Waals surface area contributed by atoms with Crippen molar-refractivity contribution in [2.75, 3.05) is 6.54 Å². The SMILES string of the molecule is C=C(C)C#C[C@H](c1cc2ccccc2o1)N1CC[C@@H](CC(=O)O)C[C@H]1c1ccc(C(F)(F)F)cc1. The summed E-state index contributed by atoms with van der Waals surface area (Å²) in [5.41, 5.74) is 1.36. The van der Waals surface area contributed by atoms with Crippen molar-refractivity contribution in [2.45, 2.75) is 44.4 Å². The fourth-order valence-electron chi connectivity index (χ4n) is 4.67. The Morgan fingerprint density at radius 2 is 1.94 bits per heavy atom. The largest absolute Gasteiger partial charge is 0.481 e. The fraction of sp³-hybridized carbons (Fsp3) is 0.321. The summed E-state index contributed by atoms with van der Waals surface area (Å²) in [6.45, 7) is 6.19. The molecule has 2 heterocycles. The quantitative estimate of drug-likeness (QED) is 0.399. The van der Waals surface area contributed by atoms with E-state index in [0.29, 0.717) is 36.3 Å². The molecular weight excluding hydrogens is 455 g/mol. The van der Waals surface area contributed by atoms with Crippen molar-refractivity contribution in [2.24, 2.45) is 5.92 Å². The molecule has 0 spiro atoms. The minimum absolute atomic E-state index is 0.0116. The number of piperidine rings is 1. The maximum atomic E-state index is 13.2. The molecule has 2 aromatic carbocycles. The van der Waals surface area contributed by atoms with Crippen molar-refractivity contribution in [1.29, 1.82) is 0 Å². The van der Waals surface area contributed by atoms with Crippen molar-refractivity contribution < 1.29 is 27.5 Å². The summed E-state index contributed by atoms with van der Waals surface area (Å²) < 4.78 is 45.6. The number of fused-ring (bicyclic) bond motifs is 1. The number of halogens is 3. The number of para-hydroxylation sites is 1. The lowest BCUT2D eigenvalue weighted by Gasteiger charge is -2.42. The summed E-state index contributed by atoms with van der Waals surface area (Å²) in [5.74, 6) is 5.94. The Balaban J connectivity index is 1.76. The summed E-state index contributed by atoms with van der Waals surface area (Å²) in [5, 5.41) is 10.3. The first-order valence-corrected chi connectivity index (χ1v) is 11.4. The van der Waals surface area contributed by atoms with Gasteiger partial charge in [-0.2, -0.15) is 13.2 Å². The van der Waals surface area contributed by atoms with E-state index in [1.165, 1.54) is 12.1 Å². The lowest BCUT2D eigenvalue weighted by molar-refractivity contribution is -0.139. The van der Waals surface area contributed by atoms with Gasteiger partial charge in [0, 0.05) is 24.4 Å². The molecular formula is C28H26F3NO3. The van der Waals surface area contributed by atoms with Gasteiger partial charge in [0.1, 0.15) is 17.4 Å². The number of hydrogen-bond acceptors (Lipinski definition) is 3. The molecule has 1 aliphatic rings. The first-order chi connectivity index (χ1) is 16.6. The van der Waals surface area contributed by atoms with Crippen LogP contribution in [0.15, 0.2) is 71.2 Å². The van der Waals surface area contributed by atoms with Crippen molar-refractivity contribution in [3.05, 3.63) is 83.6 Å². The van der Waals surface area contributed by atoms with Crippen molar-refractivity contribution in [3.63, 3.8) is 0 Å². The summed E-state index contributed by atoms with van der Waals surface area (Å²) in [7, 11) is 0. The molecule has 7 heteroatoms. The third kappa shape index (κ3) is 5.77. The lowest BCUT2D eigenvalue weighted by atomic mass is 9.84. The van der Waals surface area contributed by atoms with E-state index in [2.05, 4.69) is 23.3 Å². The highest BCUT2D eigenvalue weighted by Gasteiger charge is 2.37. The first kappa shape index (κ1) is 24.6. The Labute approximate surface area is 202 Å². The number of nitrogens with zero attached hydrogens (tertiary/aromatic N) is 1. The standard InChI is InChI=1S/C28H26F3NO3/c1-18(2)7-12-23(26-17-21-5-3-4-6-25(21)35-26)32-14-13-19(16-27(33)34)15-24(32)20-8-10-22(11-9-20)28(29,30)31/h3-6,8-11,17,19,23-24H,1,13-16H2,2H3,(H,33,34)/t19-,23-,24+/m1/s1. The van der Waals surface area contributed by atoms with Crippen molar-refractivity contribution in [3.8, 4) is 11.8 Å². The number of hydrogen-bond donors (Lipinski definition) is 1. The van der Waals surface area contributed by atoms with Gasteiger partial charge in [0.25, 0.3) is 0 Å². The summed E-state index contributed by atoms with van der Waals surface area (Å²) >= 11 is 0. The van der Waals surface area contributed by atoms with E-state index in [0.717, 1.165) is 23.1 Å². The average molecular weight is 482 g/mol. The van der Waals surface area contributed by atoms with Gasteiger partial charge in [0.05, 0.1) is 5.56 Å². The molecule has 1 fully saturated rings. The Morgan fingerprint density at radius 1 is 1.23 bits per heavy atom. The Kier molecular flexibility index (Phi) is 7.04. The molecule has 0 aliphatic carbocycles. The van der Waals surface area contributed by atoms with Gasteiger partial charge in [-0.15, -0.1) is 0 Å². The van der Waals surface area contributed by atoms with Crippen LogP contribution < -0.4 is 0 Å². The van der Waals surface area contributed by atoms with Gasteiger partial charge in [-0.25, -0.2) is 0 Å². The number of benzene rings is 2. The van der Waals surface area contributed by atoms with Crippen LogP contribution in [0.1, 0.15) is 55.2 Å². The Bertz CT molecular complexity index is 1250. The topological polar surface area (TPSA) is 53.7 Å². The van der Waals surface area contributed by atoms with E-state index in [-0.39, 0.29) is 18.4 Å². The number of carboxylic acids is 1. The predicted molar refractivity (Wildman–Crippen MR) is 127 cm³/mol. The number of carboxylic acid groups (broad SMARTS) is 1. The third-order valence-corrected chi connectivity index (χ3v) is 6.31. The molecule has 3 atom stereocenters. The average Bonchev–Trinajstić information content (AvgIpc) is 3.23. The van der Waals surface area contributed by atoms with E-state index in [9.17, 15) is 23.1 Å². The number of allylic oxidation sites excluding steroid dienone is 1. The van der Waals surface area contributed by atoms with E-state index >= 15 is 0 Å². The third-order valence-electron chi connectivity index (χ3n) is 6.31. The Hall–Kier alpha value is -3.50. The summed E-state index contributed by atoms with van der Waals surface area (Å²) in [6, 6.07) is 13.8. The molecule has 3 aromatic rings. The minimum atomic E-state index is -4.43. The van der Waals surface area contributed by atoms with Crippen LogP contribution in [0.2, 0.25) is 0 Å². The van der Waals surface area contributed by atoms with Crippen LogP contribution in [0, 0.1) is 17.8 Å². The highest BCUT2D eigenvalue weighted by atomic mass is 19.4. The highest BCUT2D eigenvalue weighted by molar-refractivity contribution is 5.78. The fourth-order valence-corrected chi connectivity index (χ4v) is 4.67. The molecule has 1 N–H and O–H groups in total. The second-order valence-electron chi connectivity index (χ2n) is 9.00. The van der Waals surface area contributed by atoms with Gasteiger partial charge in [0.2, 0.25) is 0 Å². The maximum absolute atomic E-state index is 13.2. The van der Waals surface area contributed by atoms with Crippen LogP contribution in [-0.2, 0) is 11.0 Å². The highest BCUT2D eigenvalue weighted by Crippen LogP contribution is 2.42. The van der Waals surface area contributed by atoms with Gasteiger partial charge >= 0.3 is 12.1 Å². The summed E-state index contributed by atoms with van der Waals surface area (Å²) in [6.07, 6.45) is -3.30. The van der Waals surface area contributed by atoms with Crippen LogP contribution >= 0.6 is 0 Å². The van der Waals surface area contributed by atoms with Gasteiger partial charge in [-0.05, 0) is 61.1 Å². The van der Waals surface area contributed by atoms with Gasteiger partial charge in [0.15, 0.2) is 0 Å². The van der Waals surface area contributed by atoms with Crippen LogP contribution in [-0.4, -0.2) is 22.5 Å². The van der Waals surface area contributed by atoms with Gasteiger partial charge in [-0.3, -0.25) is 9.69 Å². The predicted octanol–water partition coefficient (Wildman–Crippen LogP) is 7.00. The second-order valence-corrected chi connectivity index (χ2v) is 9.00. The summed E-state index contributed by atoms with van der Waals surface area (Å²) in [4.78, 5) is 13.5. The molecule has 0 amide bonds. The molecule has 35 heavy (non-hydrogen) atoms. The maximum Gasteiger partial charge on any atom is 0.416 e. The molecule has 0 unspecified atom stereocenters. The van der Waals surface area contributed by atoms with Gasteiger partial charge in [-0.1, -0.05) is 48.8 Å². The zero-order valence-corrected chi connectivity index (χ0v) is 19.3. The first-order valence-electron chi connectivity index (χ1n) is 11.4. The van der Waals surface area contributed by atoms with E-state index in [4.69, 9.17) is 4.42 Å². The monoisotopic (exact) mass is 481 g/mol. The zero-order valence-electron chi connectivity index (χ0n) is 19.3. The lowest BCUT2D eigenvalue weighted by Crippen LogP contribution is -2.39. The van der Waals surface area contributed by atoms with Crippen LogP contribution in [0.3, 0.4) is 0 Å². The smallest absolute Gasteiger partial charge is 0.416 e. The molecule has 1 saturated heterocycles. The minimum Gasteiger partial charge on any atom is -0.481 e. The molecule has 1 aliphatic heterocycles. The van der Waals surface area contributed by atoms with E-state index < -0.39 is 23.8 Å². The van der Waals surface area contributed by atoms with Crippen LogP contribution in [0.5, 0.6) is 0 Å². The molecule has 1 aromatic heterocycles.